The number of unbranched alkanes of at least 4 members (excludes halogenated alkanes) is 3. The van der Waals surface area contributed by atoms with E-state index < -0.39 is 16.1 Å². The standard InChI is InChI=1S/C37H42N4O3S2/c1-2-3-4-5-7-28-9-15-31(16-10-28)35-27-45-37(40-35)24-30-13-19-34(20-14-30)46(43,44)41-33-17-11-29(12-18-33)21-23-39-26-36(42)32-8-6-22-38-25-32/h6,8-20,22,25,27,36,39,41-42H,2-5,7,21,23-24,26H2,1H3/t36-/m0/s1. The van der Waals surface area contributed by atoms with E-state index in [1.165, 1.54) is 31.2 Å². The predicted molar refractivity (Wildman–Crippen MR) is 188 cm³/mol. The van der Waals surface area contributed by atoms with E-state index in [2.05, 4.69) is 51.6 Å². The number of anilines is 1. The van der Waals surface area contributed by atoms with Crippen LogP contribution >= 0.6 is 11.3 Å². The van der Waals surface area contributed by atoms with Gasteiger partial charge in [0.15, 0.2) is 0 Å². The van der Waals surface area contributed by atoms with Gasteiger partial charge < -0.3 is 10.4 Å². The van der Waals surface area contributed by atoms with Crippen LogP contribution in [0.25, 0.3) is 11.3 Å². The second-order valence-electron chi connectivity index (χ2n) is 11.5. The molecule has 46 heavy (non-hydrogen) atoms. The van der Waals surface area contributed by atoms with Crippen molar-refractivity contribution in [3.8, 4) is 11.3 Å². The molecule has 240 valence electrons. The van der Waals surface area contributed by atoms with Crippen molar-refractivity contribution in [1.82, 2.24) is 15.3 Å². The first-order valence-corrected chi connectivity index (χ1v) is 18.3. The van der Waals surface area contributed by atoms with Gasteiger partial charge in [-0.2, -0.15) is 0 Å². The molecule has 0 saturated heterocycles. The third kappa shape index (κ3) is 9.80. The van der Waals surface area contributed by atoms with E-state index in [4.69, 9.17) is 4.98 Å². The van der Waals surface area contributed by atoms with Crippen LogP contribution in [0.3, 0.4) is 0 Å². The molecule has 9 heteroatoms. The third-order valence-electron chi connectivity index (χ3n) is 7.91. The predicted octanol–water partition coefficient (Wildman–Crippen LogP) is 7.59. The van der Waals surface area contributed by atoms with Crippen LogP contribution in [-0.4, -0.2) is 36.6 Å². The van der Waals surface area contributed by atoms with Crippen molar-refractivity contribution in [2.75, 3.05) is 17.8 Å². The summed E-state index contributed by atoms with van der Waals surface area (Å²) in [5.74, 6) is 0. The Morgan fingerprint density at radius 1 is 0.848 bits per heavy atom. The molecule has 2 heterocycles. The van der Waals surface area contributed by atoms with Crippen LogP contribution in [0.4, 0.5) is 5.69 Å². The maximum atomic E-state index is 13.1. The fraction of sp³-hybridized carbons (Fsp3) is 0.297. The minimum Gasteiger partial charge on any atom is -0.387 e. The Balaban J connectivity index is 1.08. The van der Waals surface area contributed by atoms with Gasteiger partial charge in [-0.05, 0) is 72.8 Å². The van der Waals surface area contributed by atoms with E-state index in [0.29, 0.717) is 25.2 Å². The van der Waals surface area contributed by atoms with Crippen LogP contribution in [0.1, 0.15) is 66.0 Å². The molecule has 1 atom stereocenters. The quantitative estimate of drug-likeness (QED) is 0.0893. The van der Waals surface area contributed by atoms with Crippen molar-refractivity contribution in [1.29, 1.82) is 0 Å². The third-order valence-corrected chi connectivity index (χ3v) is 10.2. The maximum Gasteiger partial charge on any atom is 0.261 e. The molecular weight excluding hydrogens is 613 g/mol. The number of rotatable bonds is 17. The lowest BCUT2D eigenvalue weighted by atomic mass is 10.0. The van der Waals surface area contributed by atoms with Crippen molar-refractivity contribution >= 4 is 27.0 Å². The first-order valence-electron chi connectivity index (χ1n) is 15.9. The highest BCUT2D eigenvalue weighted by Gasteiger charge is 2.15. The average Bonchev–Trinajstić information content (AvgIpc) is 3.55. The van der Waals surface area contributed by atoms with Gasteiger partial charge in [-0.1, -0.05) is 80.8 Å². The zero-order valence-electron chi connectivity index (χ0n) is 26.2. The molecule has 5 aromatic rings. The van der Waals surface area contributed by atoms with Crippen LogP contribution in [0.2, 0.25) is 0 Å². The molecular formula is C37H42N4O3S2. The lowest BCUT2D eigenvalue weighted by Crippen LogP contribution is -2.23. The highest BCUT2D eigenvalue weighted by Crippen LogP contribution is 2.25. The summed E-state index contributed by atoms with van der Waals surface area (Å²) in [7, 11) is -3.73. The average molecular weight is 655 g/mol. The lowest BCUT2D eigenvalue weighted by molar-refractivity contribution is 0.174. The highest BCUT2D eigenvalue weighted by atomic mass is 32.2. The molecule has 0 unspecified atom stereocenters. The van der Waals surface area contributed by atoms with Gasteiger partial charge in [0, 0.05) is 47.6 Å². The van der Waals surface area contributed by atoms with E-state index in [1.807, 2.05) is 30.3 Å². The number of aliphatic hydroxyl groups excluding tert-OH is 1. The number of aliphatic hydroxyl groups is 1. The molecule has 0 bridgehead atoms. The Kier molecular flexibility index (Phi) is 12.1. The van der Waals surface area contributed by atoms with Gasteiger partial charge in [0.05, 0.1) is 21.7 Å². The summed E-state index contributed by atoms with van der Waals surface area (Å²) >= 11 is 1.62. The number of aromatic nitrogens is 2. The van der Waals surface area contributed by atoms with E-state index in [-0.39, 0.29) is 4.90 Å². The second-order valence-corrected chi connectivity index (χ2v) is 14.1. The van der Waals surface area contributed by atoms with Crippen molar-refractivity contribution in [2.45, 2.75) is 62.9 Å². The minimum atomic E-state index is -3.73. The number of nitrogens with one attached hydrogen (secondary N) is 2. The number of hydrogen-bond donors (Lipinski definition) is 3. The summed E-state index contributed by atoms with van der Waals surface area (Å²) in [6, 6.07) is 26.7. The molecule has 0 amide bonds. The summed E-state index contributed by atoms with van der Waals surface area (Å²) in [5.41, 5.74) is 6.82. The van der Waals surface area contributed by atoms with Crippen LogP contribution in [-0.2, 0) is 29.3 Å². The molecule has 0 radical (unpaired) electrons. The zero-order valence-corrected chi connectivity index (χ0v) is 27.9. The lowest BCUT2D eigenvalue weighted by Gasteiger charge is -2.12. The van der Waals surface area contributed by atoms with Gasteiger partial charge in [0.1, 0.15) is 0 Å². The van der Waals surface area contributed by atoms with E-state index in [1.54, 1.807) is 54.1 Å². The second kappa shape index (κ2) is 16.6. The van der Waals surface area contributed by atoms with E-state index >= 15 is 0 Å². The van der Waals surface area contributed by atoms with Crippen molar-refractivity contribution in [3.05, 3.63) is 130 Å². The van der Waals surface area contributed by atoms with Gasteiger partial charge >= 0.3 is 0 Å². The fourth-order valence-electron chi connectivity index (χ4n) is 5.20. The van der Waals surface area contributed by atoms with Gasteiger partial charge in [0.2, 0.25) is 0 Å². The Labute approximate surface area is 276 Å². The smallest absolute Gasteiger partial charge is 0.261 e. The van der Waals surface area contributed by atoms with Gasteiger partial charge in [-0.25, -0.2) is 13.4 Å². The Hall–Kier alpha value is -3.89. The Bertz CT molecular complexity index is 1740. The number of pyridine rings is 1. The summed E-state index contributed by atoms with van der Waals surface area (Å²) in [6.07, 6.45) is 10.3. The number of aryl methyl sites for hydroxylation is 1. The van der Waals surface area contributed by atoms with Crippen LogP contribution < -0.4 is 10.0 Å². The van der Waals surface area contributed by atoms with Gasteiger partial charge in [0.25, 0.3) is 10.0 Å². The fourth-order valence-corrected chi connectivity index (χ4v) is 7.10. The van der Waals surface area contributed by atoms with E-state index in [9.17, 15) is 13.5 Å². The van der Waals surface area contributed by atoms with Crippen LogP contribution in [0.15, 0.2) is 108 Å². The van der Waals surface area contributed by atoms with Crippen molar-refractivity contribution in [2.24, 2.45) is 0 Å². The van der Waals surface area contributed by atoms with E-state index in [0.717, 1.165) is 45.8 Å². The maximum absolute atomic E-state index is 13.1. The molecule has 2 aromatic heterocycles. The largest absolute Gasteiger partial charge is 0.387 e. The monoisotopic (exact) mass is 654 g/mol. The number of thiazole rings is 1. The normalized spacial score (nSPS) is 12.2. The topological polar surface area (TPSA) is 104 Å². The molecule has 3 N–H and O–H groups in total. The Morgan fingerprint density at radius 2 is 1.57 bits per heavy atom. The van der Waals surface area contributed by atoms with Gasteiger partial charge in [-0.15, -0.1) is 11.3 Å². The molecule has 0 aliphatic heterocycles. The molecule has 0 saturated carbocycles. The summed E-state index contributed by atoms with van der Waals surface area (Å²) in [4.78, 5) is 9.09. The van der Waals surface area contributed by atoms with Gasteiger partial charge in [-0.3, -0.25) is 9.71 Å². The van der Waals surface area contributed by atoms with Crippen molar-refractivity contribution < 1.29 is 13.5 Å². The van der Waals surface area contributed by atoms with Crippen LogP contribution in [0.5, 0.6) is 0 Å². The molecule has 0 spiro atoms. The van der Waals surface area contributed by atoms with Crippen molar-refractivity contribution in [3.63, 3.8) is 0 Å². The SMILES string of the molecule is CCCCCCc1ccc(-c2csc(Cc3ccc(S(=O)(=O)Nc4ccc(CCNC[C@H](O)c5cccnc5)cc4)cc3)n2)cc1. The van der Waals surface area contributed by atoms with Crippen LogP contribution in [0, 0.1) is 0 Å². The number of benzene rings is 3. The molecule has 0 fully saturated rings. The molecule has 3 aromatic carbocycles. The number of nitrogens with zero attached hydrogens (tertiary/aromatic N) is 2. The Morgan fingerprint density at radius 3 is 2.28 bits per heavy atom. The molecule has 5 rings (SSSR count). The number of sulfonamides is 1. The summed E-state index contributed by atoms with van der Waals surface area (Å²) < 4.78 is 28.8. The first kappa shape index (κ1) is 33.5. The summed E-state index contributed by atoms with van der Waals surface area (Å²) in [5, 5.41) is 16.6. The minimum absolute atomic E-state index is 0.214. The zero-order chi connectivity index (χ0) is 32.2. The molecule has 0 aliphatic carbocycles. The summed E-state index contributed by atoms with van der Waals surface area (Å²) in [6.45, 7) is 3.35. The highest BCUT2D eigenvalue weighted by molar-refractivity contribution is 7.92. The number of hydrogen-bond acceptors (Lipinski definition) is 7. The molecule has 0 aliphatic rings. The first-order chi connectivity index (χ1) is 22.4. The molecule has 7 nitrogen and oxygen atoms in total.